The molecule has 2 fully saturated rings. The molecule has 11 atom stereocenters. The molecule has 12 nitrogen and oxygen atoms in total. The fraction of sp³-hybridized carbons (Fsp3) is 0.775. The van der Waals surface area contributed by atoms with Crippen LogP contribution in [0.2, 0.25) is 0 Å². The molecule has 3 aliphatic rings. The predicted octanol–water partition coefficient (Wildman–Crippen LogP) is 5.21. The van der Waals surface area contributed by atoms with Gasteiger partial charge in [0.05, 0.1) is 18.3 Å². The summed E-state index contributed by atoms with van der Waals surface area (Å²) in [6.07, 6.45) is 8.39. The zero-order chi connectivity index (χ0) is 38.6. The maximum Gasteiger partial charge on any atom is 0.410 e. The molecule has 0 aromatic carbocycles. The molecule has 52 heavy (non-hydrogen) atoms. The van der Waals surface area contributed by atoms with Gasteiger partial charge < -0.3 is 43.7 Å². The molecular weight excluding hydrogens is 668 g/mol. The maximum atomic E-state index is 13.2. The highest BCUT2D eigenvalue weighted by Gasteiger charge is 2.52. The number of aliphatic hydroxyl groups is 2. The third-order valence-corrected chi connectivity index (χ3v) is 10.8. The summed E-state index contributed by atoms with van der Waals surface area (Å²) in [6.45, 7) is 16.2. The van der Waals surface area contributed by atoms with Gasteiger partial charge in [0.1, 0.15) is 30.0 Å². The number of likely N-dealkylation sites (N-methyl/N-ethyl adjacent to an activating group) is 1. The summed E-state index contributed by atoms with van der Waals surface area (Å²) in [5.74, 6) is -1.13. The lowest BCUT2D eigenvalue weighted by molar-refractivity contribution is -0.159. The van der Waals surface area contributed by atoms with Gasteiger partial charge in [-0.15, -0.1) is 0 Å². The van der Waals surface area contributed by atoms with Gasteiger partial charge in [-0.3, -0.25) is 9.59 Å². The lowest BCUT2D eigenvalue weighted by Crippen LogP contribution is -2.49. The summed E-state index contributed by atoms with van der Waals surface area (Å²) in [5, 5.41) is 21.7. The van der Waals surface area contributed by atoms with Crippen molar-refractivity contribution in [3.05, 3.63) is 36.0 Å². The summed E-state index contributed by atoms with van der Waals surface area (Å²) in [5.41, 5.74) is -0.554. The van der Waals surface area contributed by atoms with Gasteiger partial charge in [0.2, 0.25) is 0 Å². The largest absolute Gasteiger partial charge is 0.457 e. The van der Waals surface area contributed by atoms with Crippen LogP contribution in [0.5, 0.6) is 0 Å². The molecule has 2 N–H and O–H groups in total. The molecule has 296 valence electrons. The fourth-order valence-corrected chi connectivity index (χ4v) is 7.04. The van der Waals surface area contributed by atoms with Crippen molar-refractivity contribution in [2.24, 2.45) is 17.8 Å². The lowest BCUT2D eigenvalue weighted by atomic mass is 9.89. The lowest BCUT2D eigenvalue weighted by Gasteiger charge is -2.34. The van der Waals surface area contributed by atoms with Crippen molar-refractivity contribution in [2.75, 3.05) is 40.3 Å². The van der Waals surface area contributed by atoms with E-state index in [2.05, 4.69) is 37.8 Å². The standard InChI is InChI=1S/C40H66N2O10/c1-10-31(48-9)29(6)37(52-39(46)42-24-22-41(8)23-25-42)38-36(51-38)27(4)15-13-12-14-26(3)35-28(5)16-18-32(49-33(44)11-2)40(7,47)21-20-30(43)17-19-34(45)50-35/h13-16,18,27-32,35-38,43,47H,10-12,17,19-25H2,1-9H3/b15-13+,18-16+,26-14+. The van der Waals surface area contributed by atoms with Gasteiger partial charge in [0.25, 0.3) is 0 Å². The van der Waals surface area contributed by atoms with Gasteiger partial charge in [-0.25, -0.2) is 4.79 Å². The number of epoxide rings is 1. The first-order valence-electron chi connectivity index (χ1n) is 19.2. The van der Waals surface area contributed by atoms with E-state index >= 15 is 0 Å². The van der Waals surface area contributed by atoms with Crippen LogP contribution in [-0.4, -0.2) is 127 Å². The van der Waals surface area contributed by atoms with Gasteiger partial charge in [-0.1, -0.05) is 58.9 Å². The van der Waals surface area contributed by atoms with E-state index in [9.17, 15) is 24.6 Å². The molecule has 3 rings (SSSR count). The highest BCUT2D eigenvalue weighted by Crippen LogP contribution is 2.39. The zero-order valence-electron chi connectivity index (χ0n) is 33.0. The van der Waals surface area contributed by atoms with Crippen molar-refractivity contribution in [2.45, 2.75) is 142 Å². The van der Waals surface area contributed by atoms with E-state index in [0.717, 1.165) is 25.1 Å². The van der Waals surface area contributed by atoms with Crippen LogP contribution < -0.4 is 0 Å². The number of allylic oxidation sites excluding steroid dienone is 2. The molecule has 12 heteroatoms. The van der Waals surface area contributed by atoms with Gasteiger partial charge >= 0.3 is 18.0 Å². The summed E-state index contributed by atoms with van der Waals surface area (Å²) < 4.78 is 29.6. The van der Waals surface area contributed by atoms with E-state index < -0.39 is 42.0 Å². The maximum absolute atomic E-state index is 13.2. The minimum absolute atomic E-state index is 0.0471. The topological polar surface area (TPSA) is 148 Å². The molecule has 3 heterocycles. The van der Waals surface area contributed by atoms with Crippen LogP contribution in [0.1, 0.15) is 93.4 Å². The molecule has 1 amide bonds. The number of cyclic esters (lactones) is 1. The number of carbonyl (C=O) groups is 3. The van der Waals surface area contributed by atoms with Gasteiger partial charge in [0, 0.05) is 63.9 Å². The molecule has 0 aromatic rings. The van der Waals surface area contributed by atoms with Gasteiger partial charge in [-0.05, 0) is 64.6 Å². The number of methoxy groups -OCH3 is 1. The Labute approximate surface area is 311 Å². The second-order valence-electron chi connectivity index (χ2n) is 15.2. The highest BCUT2D eigenvalue weighted by atomic mass is 16.6. The minimum Gasteiger partial charge on any atom is -0.457 e. The van der Waals surface area contributed by atoms with Crippen molar-refractivity contribution < 1.29 is 48.3 Å². The number of nitrogens with zero attached hydrogens (tertiary/aromatic N) is 2. The monoisotopic (exact) mass is 734 g/mol. The van der Waals surface area contributed by atoms with Crippen LogP contribution in [0.4, 0.5) is 4.79 Å². The summed E-state index contributed by atoms with van der Waals surface area (Å²) in [7, 11) is 3.74. The van der Waals surface area contributed by atoms with E-state index in [1.165, 1.54) is 0 Å². The Morgan fingerprint density at radius 2 is 1.81 bits per heavy atom. The molecule has 3 aliphatic heterocycles. The first kappa shape index (κ1) is 43.6. The highest BCUT2D eigenvalue weighted by molar-refractivity contribution is 5.70. The summed E-state index contributed by atoms with van der Waals surface area (Å²) in [6, 6.07) is 0. The van der Waals surface area contributed by atoms with Crippen molar-refractivity contribution in [1.29, 1.82) is 0 Å². The van der Waals surface area contributed by atoms with Crippen LogP contribution in [-0.2, 0) is 33.3 Å². The third kappa shape index (κ3) is 13.0. The second-order valence-corrected chi connectivity index (χ2v) is 15.2. The molecule has 0 spiro atoms. The Morgan fingerprint density at radius 3 is 2.44 bits per heavy atom. The number of esters is 2. The van der Waals surface area contributed by atoms with Crippen molar-refractivity contribution >= 4 is 18.0 Å². The van der Waals surface area contributed by atoms with Crippen LogP contribution in [0.25, 0.3) is 0 Å². The molecule has 0 radical (unpaired) electrons. The van der Waals surface area contributed by atoms with Crippen LogP contribution in [0.15, 0.2) is 36.0 Å². The summed E-state index contributed by atoms with van der Waals surface area (Å²) >= 11 is 0. The second kappa shape index (κ2) is 20.6. The average Bonchev–Trinajstić information content (AvgIpc) is 3.92. The summed E-state index contributed by atoms with van der Waals surface area (Å²) in [4.78, 5) is 42.3. The third-order valence-electron chi connectivity index (χ3n) is 10.8. The number of amides is 1. The number of piperazine rings is 1. The number of ether oxygens (including phenoxy) is 5. The molecular formula is C40H66N2O10. The predicted molar refractivity (Wildman–Crippen MR) is 198 cm³/mol. The van der Waals surface area contributed by atoms with E-state index in [1.54, 1.807) is 31.9 Å². The quantitative estimate of drug-likeness (QED) is 0.111. The van der Waals surface area contributed by atoms with Crippen LogP contribution >= 0.6 is 0 Å². The Bertz CT molecular complexity index is 1240. The molecule has 2 saturated heterocycles. The van der Waals surface area contributed by atoms with E-state index in [0.29, 0.717) is 19.5 Å². The molecule has 0 aliphatic carbocycles. The normalized spacial score (nSPS) is 32.7. The van der Waals surface area contributed by atoms with E-state index in [-0.39, 0.29) is 74.3 Å². The Kier molecular flexibility index (Phi) is 17.3. The number of hydrogen-bond donors (Lipinski definition) is 2. The molecule has 11 unspecified atom stereocenters. The van der Waals surface area contributed by atoms with Gasteiger partial charge in [-0.2, -0.15) is 0 Å². The van der Waals surface area contributed by atoms with Crippen LogP contribution in [0.3, 0.4) is 0 Å². The Morgan fingerprint density at radius 1 is 1.12 bits per heavy atom. The Hall–Kier alpha value is -2.77. The van der Waals surface area contributed by atoms with Crippen molar-refractivity contribution in [3.63, 3.8) is 0 Å². The van der Waals surface area contributed by atoms with Crippen molar-refractivity contribution in [3.8, 4) is 0 Å². The van der Waals surface area contributed by atoms with Crippen LogP contribution in [0, 0.1) is 17.8 Å². The molecule has 0 bridgehead atoms. The van der Waals surface area contributed by atoms with E-state index in [1.807, 2.05) is 33.0 Å². The zero-order valence-corrected chi connectivity index (χ0v) is 33.0. The average molecular weight is 735 g/mol. The number of carbonyl (C=O) groups excluding carboxylic acids is 3. The molecule has 0 saturated carbocycles. The fourth-order valence-electron chi connectivity index (χ4n) is 7.04. The minimum atomic E-state index is -1.40. The first-order valence-corrected chi connectivity index (χ1v) is 19.2. The Balaban J connectivity index is 1.70. The number of rotatable bonds is 13. The first-order chi connectivity index (χ1) is 24.6. The van der Waals surface area contributed by atoms with E-state index in [4.69, 9.17) is 23.7 Å². The smallest absolute Gasteiger partial charge is 0.410 e. The van der Waals surface area contributed by atoms with Crippen molar-refractivity contribution in [1.82, 2.24) is 9.80 Å². The number of hydrogen-bond acceptors (Lipinski definition) is 11. The number of aliphatic hydroxyl groups excluding tert-OH is 1. The SMILES string of the molecule is CCC(=O)OC1/C=C/C(C)C(/C(C)=C/C/C=C/C(C)C2OC2C(OC(=O)N2CCN(C)CC2)C(C)C(CC)OC)OC(=O)CCC(O)CCC1(C)O. The van der Waals surface area contributed by atoms with Gasteiger partial charge in [0.15, 0.2) is 0 Å². The molecule has 0 aromatic heterocycles.